The molecule has 1 N–H and O–H groups in total. The van der Waals surface area contributed by atoms with Crippen LogP contribution in [-0.2, 0) is 4.74 Å². The third-order valence-electron chi connectivity index (χ3n) is 4.03. The van der Waals surface area contributed by atoms with Gasteiger partial charge >= 0.3 is 184 Å². The molecule has 148 valence electrons. The van der Waals surface area contributed by atoms with Crippen LogP contribution in [-0.4, -0.2) is 26.7 Å². The zero-order chi connectivity index (χ0) is 20.3. The van der Waals surface area contributed by atoms with Crippen LogP contribution in [0.25, 0.3) is 0 Å². The fourth-order valence-corrected chi connectivity index (χ4v) is 6.01. The molecule has 0 aliphatic rings. The second-order valence-corrected chi connectivity index (χ2v) is 9.59. The van der Waals surface area contributed by atoms with E-state index in [1.54, 1.807) is 18.0 Å². The van der Waals surface area contributed by atoms with Gasteiger partial charge in [-0.15, -0.1) is 0 Å². The molecule has 0 fully saturated rings. The van der Waals surface area contributed by atoms with Crippen LogP contribution < -0.4 is 4.46 Å². The zero-order valence-corrected chi connectivity index (χ0v) is 18.8. The average molecular weight is 467 g/mol. The van der Waals surface area contributed by atoms with Gasteiger partial charge in [-0.25, -0.2) is 0 Å². The summed E-state index contributed by atoms with van der Waals surface area (Å²) in [6.07, 6.45) is 3.03. The summed E-state index contributed by atoms with van der Waals surface area (Å²) in [4.78, 5) is 2.15. The molecule has 0 bridgehead atoms. The first kappa shape index (κ1) is 21.5. The third-order valence-corrected chi connectivity index (χ3v) is 7.86. The summed E-state index contributed by atoms with van der Waals surface area (Å²) in [5.41, 5.74) is 0.899. The quantitative estimate of drug-likeness (QED) is 0.200. The summed E-state index contributed by atoms with van der Waals surface area (Å²) in [5, 5.41) is 11.3. The Hall–Kier alpha value is -2.23. The first-order chi connectivity index (χ1) is 14.3. The van der Waals surface area contributed by atoms with Crippen LogP contribution in [0, 0.1) is 0 Å². The molecule has 1 atom stereocenters. The molecule has 2 nitrogen and oxygen atoms in total. The summed E-state index contributed by atoms with van der Waals surface area (Å²) < 4.78 is 7.72. The van der Waals surface area contributed by atoms with Crippen molar-refractivity contribution in [1.82, 2.24) is 0 Å². The van der Waals surface area contributed by atoms with Gasteiger partial charge in [0.15, 0.2) is 0 Å². The van der Waals surface area contributed by atoms with Gasteiger partial charge in [-0.05, 0) is 0 Å². The van der Waals surface area contributed by atoms with E-state index in [0.717, 1.165) is 19.8 Å². The molecule has 3 aromatic rings. The van der Waals surface area contributed by atoms with Crippen LogP contribution in [0.3, 0.4) is 0 Å². The number of thioether (sulfide) groups is 1. The predicted molar refractivity (Wildman–Crippen MR) is 123 cm³/mol. The molecule has 0 spiro atoms. The molecule has 4 heteroatoms. The van der Waals surface area contributed by atoms with Gasteiger partial charge in [0.2, 0.25) is 0 Å². The van der Waals surface area contributed by atoms with Crippen LogP contribution in [0.15, 0.2) is 118 Å². The normalized spacial score (nSPS) is 13.2. The average Bonchev–Trinajstić information content (AvgIpc) is 2.78. The topological polar surface area (TPSA) is 29.5 Å². The Morgan fingerprint density at radius 1 is 0.931 bits per heavy atom. The summed E-state index contributed by atoms with van der Waals surface area (Å²) in [5.74, 6) is 0. The number of hydrogen-bond donors (Lipinski definition) is 1. The van der Waals surface area contributed by atoms with E-state index in [4.69, 9.17) is 4.74 Å². The van der Waals surface area contributed by atoms with Crippen molar-refractivity contribution in [1.29, 1.82) is 0 Å². The van der Waals surface area contributed by atoms with Gasteiger partial charge in [-0.3, -0.25) is 0 Å². The molecule has 3 rings (SSSR count). The molecule has 0 radical (unpaired) electrons. The molecular weight excluding hydrogens is 443 g/mol. The number of allylic oxidation sites excluding steroid dienone is 1. The van der Waals surface area contributed by atoms with Crippen LogP contribution in [0.5, 0.6) is 0 Å². The van der Waals surface area contributed by atoms with Crippen LogP contribution in [0.4, 0.5) is 0 Å². The third kappa shape index (κ3) is 6.66. The van der Waals surface area contributed by atoms with Gasteiger partial charge in [0.1, 0.15) is 0 Å². The minimum absolute atomic E-state index is 0.0375. The maximum absolute atomic E-state index is 11.3. The summed E-state index contributed by atoms with van der Waals surface area (Å²) in [7, 11) is 0. The summed E-state index contributed by atoms with van der Waals surface area (Å²) in [6.45, 7) is 2.58. The van der Waals surface area contributed by atoms with Gasteiger partial charge in [0.25, 0.3) is 0 Å². The zero-order valence-electron chi connectivity index (χ0n) is 16.3. The molecule has 0 aliphatic carbocycles. The van der Waals surface area contributed by atoms with Gasteiger partial charge in [-0.2, -0.15) is 0 Å². The maximum atomic E-state index is 11.3. The number of benzene rings is 3. The molecule has 0 saturated carbocycles. The molecule has 0 saturated heterocycles. The van der Waals surface area contributed by atoms with Crippen molar-refractivity contribution < 1.29 is 9.84 Å². The van der Waals surface area contributed by atoms with Crippen molar-refractivity contribution in [3.8, 4) is 0 Å². The molecule has 0 aliphatic heterocycles. The first-order valence-electron chi connectivity index (χ1n) is 9.49. The van der Waals surface area contributed by atoms with Crippen molar-refractivity contribution in [2.45, 2.75) is 17.9 Å². The molecule has 0 heterocycles. The monoisotopic (exact) mass is 468 g/mol. The van der Waals surface area contributed by atoms with Crippen LogP contribution in [0.1, 0.15) is 18.6 Å². The van der Waals surface area contributed by atoms with E-state index < -0.39 is 6.10 Å². The van der Waals surface area contributed by atoms with E-state index in [9.17, 15) is 5.11 Å². The van der Waals surface area contributed by atoms with E-state index in [2.05, 4.69) is 24.3 Å². The van der Waals surface area contributed by atoms with Gasteiger partial charge < -0.3 is 0 Å². The van der Waals surface area contributed by atoms with Crippen molar-refractivity contribution >= 4 is 31.2 Å². The van der Waals surface area contributed by atoms with Gasteiger partial charge in [-0.1, -0.05) is 0 Å². The van der Waals surface area contributed by atoms with Crippen LogP contribution >= 0.6 is 11.8 Å². The summed E-state index contributed by atoms with van der Waals surface area (Å²) >= 11 is 1.62. The fraction of sp³-hybridized carbons (Fsp3) is 0.120. The first-order valence-corrected chi connectivity index (χ1v) is 12.0. The Morgan fingerprint density at radius 2 is 1.52 bits per heavy atom. The standard InChI is InChI=1S/C25H24O2SSe/c1-2-27-19-18-23(28-21-14-8-4-9-15-21)25(29-22-16-10-5-11-17-22)24(26)20-12-6-3-7-13-20/h3-19,24,26H,2H2,1H3/b19-18-,25-23-. The molecule has 29 heavy (non-hydrogen) atoms. The van der Waals surface area contributed by atoms with Crippen molar-refractivity contribution in [2.75, 3.05) is 6.61 Å². The van der Waals surface area contributed by atoms with Crippen molar-refractivity contribution in [3.63, 3.8) is 0 Å². The molecular formula is C25H24O2SSe. The van der Waals surface area contributed by atoms with E-state index in [-0.39, 0.29) is 15.0 Å². The van der Waals surface area contributed by atoms with Gasteiger partial charge in [0.05, 0.1) is 0 Å². The number of aliphatic hydroxyl groups is 1. The Balaban J connectivity index is 2.05. The Kier molecular flexibility index (Phi) is 8.66. The predicted octanol–water partition coefficient (Wildman–Crippen LogP) is 5.30. The Bertz CT molecular complexity index is 925. The molecule has 0 amide bonds. The number of aliphatic hydroxyl groups excluding tert-OH is 1. The molecule has 3 aromatic carbocycles. The number of hydrogen-bond acceptors (Lipinski definition) is 3. The second kappa shape index (κ2) is 11.7. The fourth-order valence-electron chi connectivity index (χ4n) is 2.63. The van der Waals surface area contributed by atoms with Crippen LogP contribution in [0.2, 0.25) is 0 Å². The van der Waals surface area contributed by atoms with E-state index in [1.807, 2.05) is 79.7 Å². The Labute approximate surface area is 183 Å². The van der Waals surface area contributed by atoms with Gasteiger partial charge in [0, 0.05) is 0 Å². The second-order valence-electron chi connectivity index (χ2n) is 6.13. The van der Waals surface area contributed by atoms with Crippen molar-refractivity contribution in [3.05, 3.63) is 118 Å². The van der Waals surface area contributed by atoms with Crippen molar-refractivity contribution in [2.24, 2.45) is 0 Å². The minimum atomic E-state index is -0.672. The Morgan fingerprint density at radius 3 is 2.14 bits per heavy atom. The van der Waals surface area contributed by atoms with E-state index >= 15 is 0 Å². The van der Waals surface area contributed by atoms with E-state index in [0.29, 0.717) is 6.61 Å². The number of rotatable bonds is 9. The number of ether oxygens (including phenoxy) is 1. The van der Waals surface area contributed by atoms with E-state index in [1.165, 1.54) is 4.46 Å². The summed E-state index contributed by atoms with van der Waals surface area (Å²) in [6, 6.07) is 30.4. The molecule has 0 aromatic heterocycles. The molecule has 1 unspecified atom stereocenters. The SMILES string of the molecule is CCO/C=C\C(Sc1ccccc1)=C(\[Se]c1ccccc1)C(O)c1ccccc1.